The Balaban J connectivity index is 2.47. The summed E-state index contributed by atoms with van der Waals surface area (Å²) in [5, 5.41) is 0. The van der Waals surface area contributed by atoms with Gasteiger partial charge in [-0.25, -0.2) is 8.78 Å². The van der Waals surface area contributed by atoms with Crippen molar-refractivity contribution >= 4 is 0 Å². The van der Waals surface area contributed by atoms with Crippen LogP contribution in [0.1, 0.15) is 17.6 Å². The SMILES string of the molecule is COc1ccc(C(F)F)cc1-c1ccc(C(F)(F)F)cc1. The highest BCUT2D eigenvalue weighted by molar-refractivity contribution is 5.71. The quantitative estimate of drug-likeness (QED) is 0.697. The second-order valence-corrected chi connectivity index (χ2v) is 4.34. The van der Waals surface area contributed by atoms with Crippen molar-refractivity contribution in [3.8, 4) is 16.9 Å². The van der Waals surface area contributed by atoms with Crippen molar-refractivity contribution in [2.45, 2.75) is 12.6 Å². The van der Waals surface area contributed by atoms with Crippen LogP contribution in [0.5, 0.6) is 5.75 Å². The minimum absolute atomic E-state index is 0.217. The third-order valence-electron chi connectivity index (χ3n) is 3.00. The van der Waals surface area contributed by atoms with Gasteiger partial charge in [0.25, 0.3) is 6.43 Å². The molecule has 6 heteroatoms. The largest absolute Gasteiger partial charge is 0.496 e. The standard InChI is InChI=1S/C15H11F5O/c1-21-13-7-4-10(14(16)17)8-12(13)9-2-5-11(6-3-9)15(18,19)20/h2-8,14H,1H3. The maximum atomic E-state index is 12.7. The Morgan fingerprint density at radius 2 is 1.57 bits per heavy atom. The van der Waals surface area contributed by atoms with Gasteiger partial charge in [-0.3, -0.25) is 0 Å². The van der Waals surface area contributed by atoms with Gasteiger partial charge in [-0.2, -0.15) is 13.2 Å². The summed E-state index contributed by atoms with van der Waals surface area (Å²) in [5.41, 5.74) is -0.313. The predicted octanol–water partition coefficient (Wildman–Crippen LogP) is 5.32. The first kappa shape index (κ1) is 15.3. The summed E-state index contributed by atoms with van der Waals surface area (Å²) in [6.07, 6.45) is -7.10. The van der Waals surface area contributed by atoms with Gasteiger partial charge in [0, 0.05) is 11.1 Å². The minimum atomic E-state index is -4.44. The van der Waals surface area contributed by atoms with E-state index in [4.69, 9.17) is 4.74 Å². The lowest BCUT2D eigenvalue weighted by Gasteiger charge is -2.12. The zero-order valence-electron chi connectivity index (χ0n) is 10.9. The van der Waals surface area contributed by atoms with Crippen molar-refractivity contribution in [1.82, 2.24) is 0 Å². The molecular formula is C15H11F5O. The van der Waals surface area contributed by atoms with E-state index in [2.05, 4.69) is 0 Å². The van der Waals surface area contributed by atoms with Crippen LogP contribution >= 0.6 is 0 Å². The first-order valence-corrected chi connectivity index (χ1v) is 5.96. The van der Waals surface area contributed by atoms with Crippen LogP contribution in [0.25, 0.3) is 11.1 Å². The Hall–Kier alpha value is -2.11. The maximum absolute atomic E-state index is 12.7. The van der Waals surface area contributed by atoms with Crippen molar-refractivity contribution < 1.29 is 26.7 Å². The van der Waals surface area contributed by atoms with Crippen LogP contribution in [0.4, 0.5) is 22.0 Å². The van der Waals surface area contributed by atoms with E-state index in [1.807, 2.05) is 0 Å². The molecule has 0 heterocycles. The van der Waals surface area contributed by atoms with E-state index in [1.54, 1.807) is 0 Å². The molecule has 0 aliphatic rings. The molecule has 0 amide bonds. The molecule has 2 rings (SSSR count). The molecule has 0 spiro atoms. The molecule has 2 aromatic carbocycles. The van der Waals surface area contributed by atoms with E-state index in [-0.39, 0.29) is 5.56 Å². The number of alkyl halides is 5. The normalized spacial score (nSPS) is 11.8. The molecule has 0 N–H and O–H groups in total. The van der Waals surface area contributed by atoms with Gasteiger partial charge in [-0.15, -0.1) is 0 Å². The summed E-state index contributed by atoms with van der Waals surface area (Å²) >= 11 is 0. The molecule has 0 aliphatic heterocycles. The van der Waals surface area contributed by atoms with E-state index in [0.717, 1.165) is 12.1 Å². The Morgan fingerprint density at radius 3 is 2.05 bits per heavy atom. The Morgan fingerprint density at radius 1 is 0.952 bits per heavy atom. The van der Waals surface area contributed by atoms with Crippen LogP contribution in [0.15, 0.2) is 42.5 Å². The molecule has 21 heavy (non-hydrogen) atoms. The third kappa shape index (κ3) is 3.32. The number of methoxy groups -OCH3 is 1. The van der Waals surface area contributed by atoms with Gasteiger partial charge < -0.3 is 4.74 Å². The highest BCUT2D eigenvalue weighted by Crippen LogP contribution is 2.36. The molecule has 2 aromatic rings. The zero-order valence-corrected chi connectivity index (χ0v) is 10.9. The van der Waals surface area contributed by atoms with Crippen molar-refractivity contribution in [2.24, 2.45) is 0 Å². The summed E-state index contributed by atoms with van der Waals surface area (Å²) in [6, 6.07) is 8.08. The average molecular weight is 302 g/mol. The van der Waals surface area contributed by atoms with E-state index in [0.29, 0.717) is 16.9 Å². The predicted molar refractivity (Wildman–Crippen MR) is 68.4 cm³/mol. The van der Waals surface area contributed by atoms with Crippen LogP contribution in [0.2, 0.25) is 0 Å². The highest BCUT2D eigenvalue weighted by Gasteiger charge is 2.30. The smallest absolute Gasteiger partial charge is 0.416 e. The van der Waals surface area contributed by atoms with Gasteiger partial charge in [0.15, 0.2) is 0 Å². The third-order valence-corrected chi connectivity index (χ3v) is 3.00. The number of ether oxygens (including phenoxy) is 1. The zero-order chi connectivity index (χ0) is 15.6. The topological polar surface area (TPSA) is 9.23 Å². The molecule has 0 saturated heterocycles. The number of benzene rings is 2. The summed E-state index contributed by atoms with van der Waals surface area (Å²) in [4.78, 5) is 0. The molecule has 0 bridgehead atoms. The molecular weight excluding hydrogens is 291 g/mol. The van der Waals surface area contributed by atoms with E-state index < -0.39 is 18.2 Å². The number of rotatable bonds is 3. The second-order valence-electron chi connectivity index (χ2n) is 4.34. The van der Waals surface area contributed by atoms with Crippen molar-refractivity contribution in [3.05, 3.63) is 53.6 Å². The molecule has 1 nitrogen and oxygen atoms in total. The van der Waals surface area contributed by atoms with Crippen LogP contribution < -0.4 is 4.74 Å². The van der Waals surface area contributed by atoms with Gasteiger partial charge >= 0.3 is 6.18 Å². The molecule has 0 saturated carbocycles. The fourth-order valence-electron chi connectivity index (χ4n) is 1.93. The fourth-order valence-corrected chi connectivity index (χ4v) is 1.93. The molecule has 0 unspecified atom stereocenters. The van der Waals surface area contributed by atoms with Crippen LogP contribution in [0.3, 0.4) is 0 Å². The number of hydrogen-bond acceptors (Lipinski definition) is 1. The van der Waals surface area contributed by atoms with Crippen LogP contribution in [-0.2, 0) is 6.18 Å². The lowest BCUT2D eigenvalue weighted by molar-refractivity contribution is -0.137. The average Bonchev–Trinajstić information content (AvgIpc) is 2.45. The van der Waals surface area contributed by atoms with E-state index in [9.17, 15) is 22.0 Å². The summed E-state index contributed by atoms with van der Waals surface area (Å²) in [7, 11) is 1.37. The number of halogens is 5. The van der Waals surface area contributed by atoms with Crippen molar-refractivity contribution in [3.63, 3.8) is 0 Å². The first-order valence-electron chi connectivity index (χ1n) is 5.96. The molecule has 0 fully saturated rings. The maximum Gasteiger partial charge on any atom is 0.416 e. The van der Waals surface area contributed by atoms with Gasteiger partial charge in [-0.05, 0) is 35.9 Å². The molecule has 0 aromatic heterocycles. The summed E-state index contributed by atoms with van der Waals surface area (Å²) in [6.45, 7) is 0. The molecule has 112 valence electrons. The lowest BCUT2D eigenvalue weighted by atomic mass is 10.0. The monoisotopic (exact) mass is 302 g/mol. The highest BCUT2D eigenvalue weighted by atomic mass is 19.4. The van der Waals surface area contributed by atoms with Crippen molar-refractivity contribution in [2.75, 3.05) is 7.11 Å². The van der Waals surface area contributed by atoms with Gasteiger partial charge in [0.2, 0.25) is 0 Å². The Bertz CT molecular complexity index is 617. The fraction of sp³-hybridized carbons (Fsp3) is 0.200. The van der Waals surface area contributed by atoms with E-state index >= 15 is 0 Å². The van der Waals surface area contributed by atoms with Crippen molar-refractivity contribution in [1.29, 1.82) is 0 Å². The van der Waals surface area contributed by atoms with Gasteiger partial charge in [0.1, 0.15) is 5.75 Å². The molecule has 0 aliphatic carbocycles. The number of hydrogen-bond donors (Lipinski definition) is 0. The van der Waals surface area contributed by atoms with Crippen LogP contribution in [0, 0.1) is 0 Å². The first-order chi connectivity index (χ1) is 9.82. The Kier molecular flexibility index (Phi) is 4.16. The minimum Gasteiger partial charge on any atom is -0.496 e. The van der Waals surface area contributed by atoms with E-state index in [1.165, 1.54) is 37.4 Å². The van der Waals surface area contributed by atoms with Gasteiger partial charge in [-0.1, -0.05) is 12.1 Å². The second kappa shape index (κ2) is 5.71. The molecule has 0 radical (unpaired) electrons. The Labute approximate surface area is 118 Å². The lowest BCUT2D eigenvalue weighted by Crippen LogP contribution is -2.04. The summed E-state index contributed by atoms with van der Waals surface area (Å²) < 4.78 is 68.1. The summed E-state index contributed by atoms with van der Waals surface area (Å²) in [5.74, 6) is 0.319. The van der Waals surface area contributed by atoms with Gasteiger partial charge in [0.05, 0.1) is 12.7 Å². The molecule has 0 atom stereocenters. The van der Waals surface area contributed by atoms with Crippen LogP contribution in [-0.4, -0.2) is 7.11 Å².